The van der Waals surface area contributed by atoms with Crippen LogP contribution in [0.1, 0.15) is 45.9 Å². The fourth-order valence-electron chi connectivity index (χ4n) is 6.09. The van der Waals surface area contributed by atoms with Crippen molar-refractivity contribution in [2.24, 2.45) is 5.92 Å². The first-order valence-electron chi connectivity index (χ1n) is 13.0. The number of carbonyl (C=O) groups is 1. The minimum absolute atomic E-state index is 0.0695. The molecular weight excluding hydrogens is 465 g/mol. The van der Waals surface area contributed by atoms with Crippen LogP contribution in [-0.2, 0) is 9.31 Å². The van der Waals surface area contributed by atoms with Crippen molar-refractivity contribution in [3.05, 3.63) is 60.4 Å². The number of nitrogens with one attached hydrogen (secondary N) is 1. The SMILES string of the molecule is CC1(C)OB(c2ccc3cc(-c4ccc5nc(C6C7CCN(C(=O)O)C76)[nH]c5c4)ccc3c2)OC1(C)C. The number of fused-ring (bicyclic) bond motifs is 3. The molecule has 7 rings (SSSR count). The van der Waals surface area contributed by atoms with Gasteiger partial charge in [0.2, 0.25) is 0 Å². The highest BCUT2D eigenvalue weighted by molar-refractivity contribution is 6.62. The van der Waals surface area contributed by atoms with Crippen LogP contribution < -0.4 is 5.46 Å². The van der Waals surface area contributed by atoms with Gasteiger partial charge in [0, 0.05) is 18.5 Å². The number of amides is 1. The number of aromatic amines is 1. The van der Waals surface area contributed by atoms with Crippen LogP contribution in [0.2, 0.25) is 0 Å². The molecule has 3 atom stereocenters. The zero-order chi connectivity index (χ0) is 25.7. The van der Waals surface area contributed by atoms with Crippen LogP contribution in [-0.4, -0.2) is 57.0 Å². The van der Waals surface area contributed by atoms with Gasteiger partial charge in [-0.3, -0.25) is 0 Å². The highest BCUT2D eigenvalue weighted by Gasteiger charge is 2.61. The summed E-state index contributed by atoms with van der Waals surface area (Å²) in [6.07, 6.45) is 0.0878. The molecule has 2 N–H and O–H groups in total. The van der Waals surface area contributed by atoms with Gasteiger partial charge in [0.05, 0.1) is 22.2 Å². The minimum atomic E-state index is -0.826. The summed E-state index contributed by atoms with van der Waals surface area (Å²) in [5.41, 5.74) is 4.44. The van der Waals surface area contributed by atoms with Gasteiger partial charge < -0.3 is 24.3 Å². The molecule has 3 aliphatic rings. The number of likely N-dealkylation sites (tertiary alicyclic amines) is 1. The molecule has 2 saturated heterocycles. The third kappa shape index (κ3) is 3.50. The van der Waals surface area contributed by atoms with Gasteiger partial charge in [0.15, 0.2) is 0 Å². The molecule has 0 spiro atoms. The van der Waals surface area contributed by atoms with Crippen molar-refractivity contribution in [1.82, 2.24) is 14.9 Å². The fourth-order valence-corrected chi connectivity index (χ4v) is 6.09. The van der Waals surface area contributed by atoms with E-state index in [0.717, 1.165) is 50.6 Å². The number of imidazole rings is 1. The Balaban J connectivity index is 1.15. The van der Waals surface area contributed by atoms with E-state index in [9.17, 15) is 9.90 Å². The fraction of sp³-hybridized carbons (Fsp3) is 0.379. The molecule has 3 aromatic carbocycles. The van der Waals surface area contributed by atoms with Crippen LogP contribution >= 0.6 is 0 Å². The van der Waals surface area contributed by atoms with Crippen molar-refractivity contribution < 1.29 is 19.2 Å². The summed E-state index contributed by atoms with van der Waals surface area (Å²) < 4.78 is 12.5. The number of rotatable bonds is 3. The second-order valence-corrected chi connectivity index (χ2v) is 11.7. The molecule has 0 bridgehead atoms. The second-order valence-electron chi connectivity index (χ2n) is 11.7. The van der Waals surface area contributed by atoms with E-state index in [1.54, 1.807) is 4.90 Å². The molecule has 2 aliphatic heterocycles. The molecule has 3 fully saturated rings. The molecule has 3 heterocycles. The molecule has 1 saturated carbocycles. The Morgan fingerprint density at radius 2 is 1.68 bits per heavy atom. The van der Waals surface area contributed by atoms with Gasteiger partial charge >= 0.3 is 13.2 Å². The number of nitrogens with zero attached hydrogens (tertiary/aromatic N) is 2. The zero-order valence-electron chi connectivity index (χ0n) is 21.5. The maximum absolute atomic E-state index is 11.5. The summed E-state index contributed by atoms with van der Waals surface area (Å²) in [4.78, 5) is 21.4. The average Bonchev–Trinajstić information content (AvgIpc) is 3.14. The number of H-pyrrole nitrogens is 1. The lowest BCUT2D eigenvalue weighted by Crippen LogP contribution is -2.41. The van der Waals surface area contributed by atoms with Gasteiger partial charge in [-0.05, 0) is 85.6 Å². The van der Waals surface area contributed by atoms with Gasteiger partial charge in [-0.15, -0.1) is 0 Å². The van der Waals surface area contributed by atoms with E-state index in [4.69, 9.17) is 14.3 Å². The van der Waals surface area contributed by atoms with Gasteiger partial charge in [0.1, 0.15) is 5.82 Å². The van der Waals surface area contributed by atoms with E-state index in [1.165, 1.54) is 0 Å². The van der Waals surface area contributed by atoms with Crippen LogP contribution in [0.5, 0.6) is 0 Å². The molecule has 8 heteroatoms. The Hall–Kier alpha value is -3.36. The monoisotopic (exact) mass is 495 g/mol. The number of hydrogen-bond donors (Lipinski definition) is 2. The van der Waals surface area contributed by atoms with Crippen molar-refractivity contribution in [1.29, 1.82) is 0 Å². The minimum Gasteiger partial charge on any atom is -0.465 e. The van der Waals surface area contributed by atoms with Crippen molar-refractivity contribution in [3.63, 3.8) is 0 Å². The third-order valence-corrected chi connectivity index (χ3v) is 8.97. The van der Waals surface area contributed by atoms with E-state index >= 15 is 0 Å². The largest absolute Gasteiger partial charge is 0.494 e. The topological polar surface area (TPSA) is 87.7 Å². The predicted molar refractivity (Wildman–Crippen MR) is 144 cm³/mol. The normalized spacial score (nSPS) is 25.7. The lowest BCUT2D eigenvalue weighted by molar-refractivity contribution is 0.00578. The molecule has 4 aromatic rings. The quantitative estimate of drug-likeness (QED) is 0.384. The molecule has 0 radical (unpaired) electrons. The van der Waals surface area contributed by atoms with Crippen molar-refractivity contribution in [3.8, 4) is 11.1 Å². The summed E-state index contributed by atoms with van der Waals surface area (Å²) in [6, 6.07) is 19.2. The standard InChI is InChI=1S/C29H30BN3O4/c1-28(2)29(3,4)37-30(36-28)20-9-7-17-13-16(5-6-18(17)14-20)19-8-10-22-23(15-19)32-26(31-22)24-21-11-12-33(25(21)24)27(34)35/h5-10,13-15,21,24-25H,11-12H2,1-4H3,(H,31,32)(H,34,35). The number of piperidine rings is 1. The van der Waals surface area contributed by atoms with Crippen LogP contribution in [0.3, 0.4) is 0 Å². The lowest BCUT2D eigenvalue weighted by atomic mass is 9.78. The van der Waals surface area contributed by atoms with Crippen molar-refractivity contribution in [2.45, 2.75) is 57.3 Å². The Bertz CT molecular complexity index is 1560. The van der Waals surface area contributed by atoms with E-state index in [-0.39, 0.29) is 30.3 Å². The van der Waals surface area contributed by atoms with Gasteiger partial charge in [-0.2, -0.15) is 0 Å². The van der Waals surface area contributed by atoms with Crippen molar-refractivity contribution >= 4 is 40.5 Å². The molecule has 3 unspecified atom stereocenters. The highest BCUT2D eigenvalue weighted by atomic mass is 16.7. The number of carboxylic acid groups (broad SMARTS) is 1. The van der Waals surface area contributed by atoms with Crippen LogP contribution in [0.4, 0.5) is 4.79 Å². The van der Waals surface area contributed by atoms with Crippen LogP contribution in [0, 0.1) is 5.92 Å². The van der Waals surface area contributed by atoms with Gasteiger partial charge in [-0.25, -0.2) is 9.78 Å². The maximum Gasteiger partial charge on any atom is 0.494 e. The molecule has 1 amide bonds. The summed E-state index contributed by atoms with van der Waals surface area (Å²) >= 11 is 0. The highest BCUT2D eigenvalue weighted by Crippen LogP contribution is 2.56. The Morgan fingerprint density at radius 3 is 2.43 bits per heavy atom. The van der Waals surface area contributed by atoms with E-state index in [2.05, 4.69) is 81.2 Å². The zero-order valence-corrected chi connectivity index (χ0v) is 21.5. The van der Waals surface area contributed by atoms with E-state index in [0.29, 0.717) is 12.5 Å². The van der Waals surface area contributed by atoms with Crippen LogP contribution in [0.15, 0.2) is 54.6 Å². The summed E-state index contributed by atoms with van der Waals surface area (Å²) in [6.45, 7) is 8.91. The molecule has 7 nitrogen and oxygen atoms in total. The second kappa shape index (κ2) is 7.59. The van der Waals surface area contributed by atoms with E-state index < -0.39 is 6.09 Å². The summed E-state index contributed by atoms with van der Waals surface area (Å²) in [7, 11) is -0.375. The smallest absolute Gasteiger partial charge is 0.465 e. The number of hydrogen-bond acceptors (Lipinski definition) is 4. The molecule has 37 heavy (non-hydrogen) atoms. The van der Waals surface area contributed by atoms with E-state index in [1.807, 2.05) is 6.07 Å². The molecular formula is C29H30BN3O4. The molecule has 1 aromatic heterocycles. The van der Waals surface area contributed by atoms with Gasteiger partial charge in [0.25, 0.3) is 0 Å². The predicted octanol–water partition coefficient (Wildman–Crippen LogP) is 5.15. The first-order valence-corrected chi connectivity index (χ1v) is 13.0. The van der Waals surface area contributed by atoms with Crippen molar-refractivity contribution in [2.75, 3.05) is 6.54 Å². The summed E-state index contributed by atoms with van der Waals surface area (Å²) in [5, 5.41) is 11.7. The third-order valence-electron chi connectivity index (χ3n) is 8.97. The summed E-state index contributed by atoms with van der Waals surface area (Å²) in [5.74, 6) is 1.47. The Labute approximate surface area is 215 Å². The first-order chi connectivity index (χ1) is 17.6. The Morgan fingerprint density at radius 1 is 1.00 bits per heavy atom. The number of benzene rings is 3. The number of aromatic nitrogens is 2. The molecule has 1 aliphatic carbocycles. The van der Waals surface area contributed by atoms with Crippen LogP contribution in [0.25, 0.3) is 32.9 Å². The first kappa shape index (κ1) is 22.8. The maximum atomic E-state index is 11.5. The lowest BCUT2D eigenvalue weighted by Gasteiger charge is -2.32. The molecule has 188 valence electrons. The van der Waals surface area contributed by atoms with Gasteiger partial charge in [-0.1, -0.05) is 36.4 Å². The average molecular weight is 495 g/mol. The Kier molecular flexibility index (Phi) is 4.68.